The predicted molar refractivity (Wildman–Crippen MR) is 127 cm³/mol. The number of carbonyl (C=O) groups is 1. The van der Waals surface area contributed by atoms with Crippen LogP contribution in [0.2, 0.25) is 0 Å². The maximum atomic E-state index is 14.9. The number of nitrogens with zero attached hydrogens (tertiary/aromatic N) is 2. The van der Waals surface area contributed by atoms with E-state index in [0.717, 1.165) is 11.1 Å². The molecule has 6 rings (SSSR count). The van der Waals surface area contributed by atoms with Crippen molar-refractivity contribution in [1.29, 1.82) is 0 Å². The smallest absolute Gasteiger partial charge is 0.304 e. The molecule has 7 nitrogen and oxygen atoms in total. The number of carboxylic acids is 1. The van der Waals surface area contributed by atoms with Crippen LogP contribution in [0.5, 0.6) is 17.2 Å². The van der Waals surface area contributed by atoms with E-state index in [-0.39, 0.29) is 30.2 Å². The number of allylic oxidation sites excluding steroid dienone is 1. The van der Waals surface area contributed by atoms with Crippen LogP contribution in [-0.2, 0) is 11.2 Å². The van der Waals surface area contributed by atoms with Gasteiger partial charge in [-0.3, -0.25) is 9.79 Å². The number of likely N-dealkylation sites (N-methyl/N-ethyl adjacent to an activating group) is 1. The Bertz CT molecular complexity index is 1290. The molecule has 0 spiro atoms. The average Bonchev–Trinajstić information content (AvgIpc) is 3.54. The SMILES string of the molecule is CN1C=NC2C=C(Oc3ccc(F)c4c3CC[C@H]4Oc3ccc4c(c3)OC[C@H]4CC(=O)O)C=CC21. The molecule has 0 fully saturated rings. The lowest BCUT2D eigenvalue weighted by atomic mass is 9.98. The zero-order chi connectivity index (χ0) is 24.1. The minimum absolute atomic E-state index is 0.0155. The van der Waals surface area contributed by atoms with Gasteiger partial charge in [-0.05, 0) is 43.2 Å². The van der Waals surface area contributed by atoms with Crippen LogP contribution in [0.1, 0.15) is 41.6 Å². The van der Waals surface area contributed by atoms with Gasteiger partial charge in [-0.2, -0.15) is 0 Å². The summed E-state index contributed by atoms with van der Waals surface area (Å²) in [6, 6.07) is 8.72. The second kappa shape index (κ2) is 8.45. The van der Waals surface area contributed by atoms with Gasteiger partial charge in [0.2, 0.25) is 0 Å². The van der Waals surface area contributed by atoms with Crippen molar-refractivity contribution in [3.8, 4) is 17.2 Å². The topological polar surface area (TPSA) is 80.6 Å². The first-order chi connectivity index (χ1) is 17.0. The van der Waals surface area contributed by atoms with Crippen molar-refractivity contribution < 1.29 is 28.5 Å². The quantitative estimate of drug-likeness (QED) is 0.666. The van der Waals surface area contributed by atoms with Crippen LogP contribution in [-0.4, -0.2) is 48.1 Å². The molecule has 0 radical (unpaired) electrons. The van der Waals surface area contributed by atoms with Crippen LogP contribution in [0.15, 0.2) is 59.3 Å². The molecule has 0 amide bonds. The highest BCUT2D eigenvalue weighted by molar-refractivity contribution is 5.69. The minimum Gasteiger partial charge on any atom is -0.492 e. The van der Waals surface area contributed by atoms with E-state index in [1.165, 1.54) is 6.07 Å². The molecule has 2 aliphatic heterocycles. The third-order valence-corrected chi connectivity index (χ3v) is 7.07. The number of hydrogen-bond donors (Lipinski definition) is 1. The van der Waals surface area contributed by atoms with Gasteiger partial charge in [0.05, 0.1) is 31.4 Å². The first-order valence-corrected chi connectivity index (χ1v) is 11.8. The molecule has 1 N–H and O–H groups in total. The number of ether oxygens (including phenoxy) is 3. The summed E-state index contributed by atoms with van der Waals surface area (Å²) in [7, 11) is 1.99. The van der Waals surface area contributed by atoms with Gasteiger partial charge in [0.1, 0.15) is 34.9 Å². The number of aliphatic carboxylic acids is 1. The average molecular weight is 477 g/mol. The zero-order valence-electron chi connectivity index (χ0n) is 19.2. The van der Waals surface area contributed by atoms with Gasteiger partial charge in [0.15, 0.2) is 0 Å². The van der Waals surface area contributed by atoms with Crippen molar-refractivity contribution in [2.45, 2.75) is 43.4 Å². The first-order valence-electron chi connectivity index (χ1n) is 11.8. The molecule has 2 heterocycles. The molecule has 2 aromatic rings. The van der Waals surface area contributed by atoms with Crippen molar-refractivity contribution in [1.82, 2.24) is 4.90 Å². The summed E-state index contributed by atoms with van der Waals surface area (Å²) in [6.45, 7) is 0.334. The Morgan fingerprint density at radius 1 is 1.31 bits per heavy atom. The van der Waals surface area contributed by atoms with E-state index in [4.69, 9.17) is 19.3 Å². The standard InChI is InChI=1S/C27H25FN2O5/c1-30-14-29-21-11-16(3-7-22(21)30)34-23-9-6-20(28)27-19(23)5-8-24(27)35-17-2-4-18-15(10-26(31)32)13-33-25(18)12-17/h2-4,6-7,9,11-12,14-15,21-22,24H,5,8,10,13H2,1H3,(H,31,32)/t15-,21?,22?,24-/m1/s1. The summed E-state index contributed by atoms with van der Waals surface area (Å²) in [6.07, 6.45) is 8.66. The summed E-state index contributed by atoms with van der Waals surface area (Å²) in [5.41, 5.74) is 2.20. The maximum absolute atomic E-state index is 14.9. The van der Waals surface area contributed by atoms with E-state index in [9.17, 15) is 9.18 Å². The monoisotopic (exact) mass is 476 g/mol. The number of aliphatic imine (C=N–C) groups is 1. The number of halogens is 1. The third kappa shape index (κ3) is 3.92. The number of carboxylic acid groups (broad SMARTS) is 1. The Labute approximate surface area is 202 Å². The molecule has 0 saturated heterocycles. The molecule has 180 valence electrons. The Morgan fingerprint density at radius 2 is 2.20 bits per heavy atom. The summed E-state index contributed by atoms with van der Waals surface area (Å²) < 4.78 is 33.0. The molecular formula is C27H25FN2O5. The molecule has 0 bridgehead atoms. The van der Waals surface area contributed by atoms with E-state index in [2.05, 4.69) is 16.0 Å². The summed E-state index contributed by atoms with van der Waals surface area (Å²) in [5, 5.41) is 9.10. The van der Waals surface area contributed by atoms with Crippen molar-refractivity contribution >= 4 is 12.3 Å². The fourth-order valence-corrected chi connectivity index (χ4v) is 5.32. The van der Waals surface area contributed by atoms with E-state index in [1.54, 1.807) is 18.2 Å². The number of hydrogen-bond acceptors (Lipinski definition) is 6. The van der Waals surface area contributed by atoms with Crippen molar-refractivity contribution in [3.63, 3.8) is 0 Å². The first kappa shape index (κ1) is 21.7. The van der Waals surface area contributed by atoms with Gasteiger partial charge in [0.25, 0.3) is 0 Å². The number of benzene rings is 2. The largest absolute Gasteiger partial charge is 0.492 e. The molecule has 4 aliphatic rings. The molecule has 2 unspecified atom stereocenters. The number of rotatable bonds is 6. The Balaban J connectivity index is 1.21. The molecule has 4 atom stereocenters. The zero-order valence-corrected chi connectivity index (χ0v) is 19.2. The molecule has 35 heavy (non-hydrogen) atoms. The summed E-state index contributed by atoms with van der Waals surface area (Å²) >= 11 is 0. The van der Waals surface area contributed by atoms with Crippen molar-refractivity contribution in [2.24, 2.45) is 4.99 Å². The minimum atomic E-state index is -0.856. The third-order valence-electron chi connectivity index (χ3n) is 7.07. The lowest BCUT2D eigenvalue weighted by Crippen LogP contribution is -2.32. The second-order valence-corrected chi connectivity index (χ2v) is 9.33. The molecule has 2 aliphatic carbocycles. The highest BCUT2D eigenvalue weighted by Gasteiger charge is 2.33. The van der Waals surface area contributed by atoms with Gasteiger partial charge in [-0.25, -0.2) is 4.39 Å². The van der Waals surface area contributed by atoms with Crippen molar-refractivity contribution in [3.05, 3.63) is 76.8 Å². The van der Waals surface area contributed by atoms with Crippen LogP contribution in [0, 0.1) is 5.82 Å². The van der Waals surface area contributed by atoms with Crippen molar-refractivity contribution in [2.75, 3.05) is 13.7 Å². The van der Waals surface area contributed by atoms with Crippen LogP contribution in [0.25, 0.3) is 0 Å². The van der Waals surface area contributed by atoms with Crippen LogP contribution in [0.4, 0.5) is 4.39 Å². The van der Waals surface area contributed by atoms with Crippen LogP contribution in [0.3, 0.4) is 0 Å². The van der Waals surface area contributed by atoms with E-state index in [0.29, 0.717) is 48.0 Å². The predicted octanol–water partition coefficient (Wildman–Crippen LogP) is 4.39. The summed E-state index contributed by atoms with van der Waals surface area (Å²) in [5.74, 6) is 1.17. The van der Waals surface area contributed by atoms with Gasteiger partial charge >= 0.3 is 5.97 Å². The van der Waals surface area contributed by atoms with Crippen LogP contribution < -0.4 is 14.2 Å². The van der Waals surface area contributed by atoms with Gasteiger partial charge < -0.3 is 24.2 Å². The lowest BCUT2D eigenvalue weighted by Gasteiger charge is -2.23. The van der Waals surface area contributed by atoms with Gasteiger partial charge in [-0.15, -0.1) is 0 Å². The van der Waals surface area contributed by atoms with E-state index >= 15 is 0 Å². The molecule has 0 aromatic heterocycles. The lowest BCUT2D eigenvalue weighted by molar-refractivity contribution is -0.137. The van der Waals surface area contributed by atoms with Gasteiger partial charge in [-0.1, -0.05) is 12.1 Å². The molecule has 2 aromatic carbocycles. The molecule has 8 heteroatoms. The maximum Gasteiger partial charge on any atom is 0.304 e. The fraction of sp³-hybridized carbons (Fsp3) is 0.333. The van der Waals surface area contributed by atoms with Gasteiger partial charge in [0, 0.05) is 35.7 Å². The molecular weight excluding hydrogens is 451 g/mol. The Morgan fingerprint density at radius 3 is 3.06 bits per heavy atom. The highest BCUT2D eigenvalue weighted by atomic mass is 19.1. The number of fused-ring (bicyclic) bond motifs is 3. The van der Waals surface area contributed by atoms with E-state index in [1.807, 2.05) is 31.6 Å². The second-order valence-electron chi connectivity index (χ2n) is 9.33. The molecule has 0 saturated carbocycles. The van der Waals surface area contributed by atoms with E-state index < -0.39 is 12.1 Å². The normalized spacial score (nSPS) is 25.5. The van der Waals surface area contributed by atoms with Crippen LogP contribution >= 0.6 is 0 Å². The fourth-order valence-electron chi connectivity index (χ4n) is 5.32. The Kier molecular flexibility index (Phi) is 5.24. The Hall–Kier alpha value is -3.81. The highest BCUT2D eigenvalue weighted by Crippen LogP contribution is 2.44. The summed E-state index contributed by atoms with van der Waals surface area (Å²) in [4.78, 5) is 17.6.